The molecule has 4 rings (SSSR count). The largest absolute Gasteiger partial charge is 0.333 e. The number of aromatic amines is 1. The molecule has 1 aromatic carbocycles. The molecular formula is C20H22F2N4O2. The molecule has 28 heavy (non-hydrogen) atoms. The number of fused-ring (bicyclic) bond motifs is 1. The number of carbonyl (C=O) groups excluding carboxylic acids is 1. The third kappa shape index (κ3) is 3.40. The summed E-state index contributed by atoms with van der Waals surface area (Å²) in [6.45, 7) is 1.52. The Kier molecular flexibility index (Phi) is 4.89. The predicted octanol–water partition coefficient (Wildman–Crippen LogP) is 2.17. The van der Waals surface area contributed by atoms with E-state index < -0.39 is 11.6 Å². The number of amides is 2. The fraction of sp³-hybridized carbons (Fsp3) is 0.400. The molecule has 0 unspecified atom stereocenters. The summed E-state index contributed by atoms with van der Waals surface area (Å²) in [5, 5.41) is 3.03. The molecule has 1 saturated heterocycles. The molecule has 0 bridgehead atoms. The van der Waals surface area contributed by atoms with Crippen LogP contribution in [-0.4, -0.2) is 47.0 Å². The fourth-order valence-electron chi connectivity index (χ4n) is 4.19. The molecule has 148 valence electrons. The zero-order valence-corrected chi connectivity index (χ0v) is 15.5. The first-order chi connectivity index (χ1) is 13.4. The van der Waals surface area contributed by atoms with Crippen molar-refractivity contribution in [3.05, 3.63) is 69.1 Å². The van der Waals surface area contributed by atoms with Crippen molar-refractivity contribution in [3.8, 4) is 0 Å². The first-order valence-corrected chi connectivity index (χ1v) is 9.34. The summed E-state index contributed by atoms with van der Waals surface area (Å²) >= 11 is 0. The van der Waals surface area contributed by atoms with E-state index in [0.29, 0.717) is 30.5 Å². The number of carbonyl (C=O) groups is 1. The monoisotopic (exact) mass is 388 g/mol. The molecule has 2 aliphatic heterocycles. The first kappa shape index (κ1) is 18.6. The van der Waals surface area contributed by atoms with Gasteiger partial charge in [-0.3, -0.25) is 9.69 Å². The number of hydrogen-bond acceptors (Lipinski definition) is 3. The number of rotatable bonds is 2. The molecule has 3 heterocycles. The molecule has 0 aliphatic carbocycles. The average molecular weight is 388 g/mol. The van der Waals surface area contributed by atoms with Crippen molar-refractivity contribution in [2.24, 2.45) is 0 Å². The Hall–Kier alpha value is -2.74. The minimum absolute atomic E-state index is 0.171. The Morgan fingerprint density at radius 2 is 2.04 bits per heavy atom. The van der Waals surface area contributed by atoms with Gasteiger partial charge in [0.15, 0.2) is 11.6 Å². The summed E-state index contributed by atoms with van der Waals surface area (Å²) in [4.78, 5) is 31.2. The average Bonchev–Trinajstić information content (AvgIpc) is 3.04. The highest BCUT2D eigenvalue weighted by molar-refractivity contribution is 5.75. The standard InChI is InChI=1S/C20H22F2N4O2/c1-25-8-6-17(18(25)13-2-3-15(21)16(22)10-13)24-20(28)26-9-5-12-4-7-23-19(27)14(12)11-26/h2-4,7,10,17-18H,5-6,8-9,11H2,1H3,(H,23,27)(H,24,28)/t17-,18+/m1/s1. The number of halogens is 2. The Morgan fingerprint density at radius 1 is 1.21 bits per heavy atom. The number of H-pyrrole nitrogens is 1. The van der Waals surface area contributed by atoms with Gasteiger partial charge in [0.1, 0.15) is 0 Å². The minimum Gasteiger partial charge on any atom is -0.333 e. The van der Waals surface area contributed by atoms with Gasteiger partial charge in [0.2, 0.25) is 0 Å². The molecule has 0 spiro atoms. The lowest BCUT2D eigenvalue weighted by Crippen LogP contribution is -2.49. The molecule has 1 fully saturated rings. The molecule has 2 aliphatic rings. The number of urea groups is 1. The second-order valence-corrected chi connectivity index (χ2v) is 7.43. The Balaban J connectivity index is 1.50. The van der Waals surface area contributed by atoms with Crippen LogP contribution < -0.4 is 10.9 Å². The van der Waals surface area contributed by atoms with E-state index in [2.05, 4.69) is 10.3 Å². The Morgan fingerprint density at radius 3 is 2.82 bits per heavy atom. The van der Waals surface area contributed by atoms with Gasteiger partial charge in [0.05, 0.1) is 18.6 Å². The lowest BCUT2D eigenvalue weighted by molar-refractivity contribution is 0.183. The highest BCUT2D eigenvalue weighted by Gasteiger charge is 2.35. The summed E-state index contributed by atoms with van der Waals surface area (Å²) in [5.74, 6) is -1.78. The highest BCUT2D eigenvalue weighted by atomic mass is 19.2. The van der Waals surface area contributed by atoms with Gasteiger partial charge < -0.3 is 15.2 Å². The van der Waals surface area contributed by atoms with Gasteiger partial charge in [-0.2, -0.15) is 0 Å². The number of nitrogens with one attached hydrogen (secondary N) is 2. The normalized spacial score (nSPS) is 22.2. The van der Waals surface area contributed by atoms with Crippen molar-refractivity contribution in [1.82, 2.24) is 20.1 Å². The summed E-state index contributed by atoms with van der Waals surface area (Å²) < 4.78 is 27.0. The molecule has 6 nitrogen and oxygen atoms in total. The predicted molar refractivity (Wildman–Crippen MR) is 99.8 cm³/mol. The van der Waals surface area contributed by atoms with E-state index in [1.165, 1.54) is 6.07 Å². The zero-order valence-electron chi connectivity index (χ0n) is 15.5. The van der Waals surface area contributed by atoms with Gasteiger partial charge in [-0.25, -0.2) is 13.6 Å². The minimum atomic E-state index is -0.894. The SMILES string of the molecule is CN1CC[C@@H](NC(=O)N2CCc3cc[nH]c(=O)c3C2)[C@@H]1c1ccc(F)c(F)c1. The molecule has 0 saturated carbocycles. The number of likely N-dealkylation sites (tertiary alicyclic amines) is 1. The van der Waals surface area contributed by atoms with E-state index in [0.717, 1.165) is 18.2 Å². The number of pyridine rings is 1. The topological polar surface area (TPSA) is 68.4 Å². The second kappa shape index (κ2) is 7.35. The summed E-state index contributed by atoms with van der Waals surface area (Å²) in [6, 6.07) is 5.03. The van der Waals surface area contributed by atoms with Gasteiger partial charge in [0.25, 0.3) is 5.56 Å². The van der Waals surface area contributed by atoms with E-state index >= 15 is 0 Å². The molecule has 0 radical (unpaired) electrons. The molecule has 2 aromatic rings. The van der Waals surface area contributed by atoms with Gasteiger partial charge in [-0.15, -0.1) is 0 Å². The maximum atomic E-state index is 13.7. The number of nitrogens with zero attached hydrogens (tertiary/aromatic N) is 2. The molecular weight excluding hydrogens is 366 g/mol. The van der Waals surface area contributed by atoms with Crippen LogP contribution in [0.15, 0.2) is 35.3 Å². The Bertz CT molecular complexity index is 961. The van der Waals surface area contributed by atoms with Crippen molar-refractivity contribution < 1.29 is 13.6 Å². The summed E-state index contributed by atoms with van der Waals surface area (Å²) in [6.07, 6.45) is 2.96. The molecule has 8 heteroatoms. The van der Waals surface area contributed by atoms with Crippen LogP contribution in [0.4, 0.5) is 13.6 Å². The number of aromatic nitrogens is 1. The van der Waals surface area contributed by atoms with Gasteiger partial charge in [-0.1, -0.05) is 6.07 Å². The van der Waals surface area contributed by atoms with E-state index in [4.69, 9.17) is 0 Å². The lowest BCUT2D eigenvalue weighted by Gasteiger charge is -2.31. The number of hydrogen-bond donors (Lipinski definition) is 2. The quantitative estimate of drug-likeness (QED) is 0.829. The van der Waals surface area contributed by atoms with Crippen molar-refractivity contribution in [1.29, 1.82) is 0 Å². The maximum absolute atomic E-state index is 13.7. The number of likely N-dealkylation sites (N-methyl/N-ethyl adjacent to an activating group) is 1. The van der Waals surface area contributed by atoms with Crippen LogP contribution in [0.5, 0.6) is 0 Å². The highest BCUT2D eigenvalue weighted by Crippen LogP contribution is 2.32. The Labute approximate surface area is 161 Å². The zero-order chi connectivity index (χ0) is 19.8. The second-order valence-electron chi connectivity index (χ2n) is 7.43. The van der Waals surface area contributed by atoms with E-state index in [9.17, 15) is 18.4 Å². The van der Waals surface area contributed by atoms with E-state index in [1.54, 1.807) is 17.2 Å². The van der Waals surface area contributed by atoms with Gasteiger partial charge in [0, 0.05) is 24.8 Å². The molecule has 1 aromatic heterocycles. The van der Waals surface area contributed by atoms with Gasteiger partial charge >= 0.3 is 6.03 Å². The van der Waals surface area contributed by atoms with Crippen LogP contribution in [0.2, 0.25) is 0 Å². The van der Waals surface area contributed by atoms with Crippen LogP contribution in [0, 0.1) is 11.6 Å². The molecule has 2 atom stereocenters. The van der Waals surface area contributed by atoms with Crippen molar-refractivity contribution >= 4 is 6.03 Å². The lowest BCUT2D eigenvalue weighted by atomic mass is 9.99. The fourth-order valence-corrected chi connectivity index (χ4v) is 4.19. The third-order valence-electron chi connectivity index (χ3n) is 5.69. The maximum Gasteiger partial charge on any atom is 0.317 e. The third-order valence-corrected chi connectivity index (χ3v) is 5.69. The molecule has 2 N–H and O–H groups in total. The van der Waals surface area contributed by atoms with Crippen LogP contribution in [0.1, 0.15) is 29.2 Å². The van der Waals surface area contributed by atoms with Gasteiger partial charge in [-0.05, 0) is 49.2 Å². The first-order valence-electron chi connectivity index (χ1n) is 9.34. The van der Waals surface area contributed by atoms with Crippen molar-refractivity contribution in [2.75, 3.05) is 20.1 Å². The van der Waals surface area contributed by atoms with Crippen molar-refractivity contribution in [2.45, 2.75) is 31.5 Å². The molecule has 2 amide bonds. The smallest absolute Gasteiger partial charge is 0.317 e. The summed E-state index contributed by atoms with van der Waals surface area (Å²) in [5.41, 5.74) is 2.04. The van der Waals surface area contributed by atoms with Crippen LogP contribution in [0.3, 0.4) is 0 Å². The number of benzene rings is 1. The summed E-state index contributed by atoms with van der Waals surface area (Å²) in [7, 11) is 1.90. The van der Waals surface area contributed by atoms with E-state index in [1.807, 2.05) is 18.0 Å². The van der Waals surface area contributed by atoms with Crippen LogP contribution >= 0.6 is 0 Å². The van der Waals surface area contributed by atoms with Crippen LogP contribution in [0.25, 0.3) is 0 Å². The van der Waals surface area contributed by atoms with Crippen molar-refractivity contribution in [3.63, 3.8) is 0 Å². The van der Waals surface area contributed by atoms with E-state index in [-0.39, 0.29) is 30.2 Å². The van der Waals surface area contributed by atoms with Crippen LogP contribution in [-0.2, 0) is 13.0 Å².